The number of benzene rings is 1. The summed E-state index contributed by atoms with van der Waals surface area (Å²) in [6.45, 7) is 0. The number of methoxy groups -OCH3 is 1. The lowest BCUT2D eigenvalue weighted by Gasteiger charge is -2.06. The van der Waals surface area contributed by atoms with Gasteiger partial charge in [0.15, 0.2) is 0 Å². The number of aromatic nitrogens is 4. The Labute approximate surface area is 131 Å². The summed E-state index contributed by atoms with van der Waals surface area (Å²) in [5, 5.41) is 5.04. The Kier molecular flexibility index (Phi) is 3.20. The molecule has 6 nitrogen and oxygen atoms in total. The molecule has 112 valence electrons. The molecule has 0 aliphatic heterocycles. The Bertz CT molecular complexity index is 967. The second-order valence-electron chi connectivity index (χ2n) is 4.90. The van der Waals surface area contributed by atoms with Crippen molar-refractivity contribution in [3.63, 3.8) is 0 Å². The molecule has 0 amide bonds. The first kappa shape index (κ1) is 13.4. The van der Waals surface area contributed by atoms with Crippen LogP contribution in [0.25, 0.3) is 33.7 Å². The van der Waals surface area contributed by atoms with Crippen molar-refractivity contribution in [2.75, 3.05) is 7.11 Å². The van der Waals surface area contributed by atoms with Crippen LogP contribution in [0.4, 0.5) is 0 Å². The van der Waals surface area contributed by atoms with Gasteiger partial charge in [-0.15, -0.1) is 0 Å². The van der Waals surface area contributed by atoms with Gasteiger partial charge < -0.3 is 9.26 Å². The highest BCUT2D eigenvalue weighted by molar-refractivity contribution is 5.84. The molecule has 1 aromatic carbocycles. The number of fused-ring (bicyclic) bond motifs is 1. The van der Waals surface area contributed by atoms with Crippen molar-refractivity contribution < 1.29 is 9.26 Å². The van der Waals surface area contributed by atoms with Crippen molar-refractivity contribution in [1.82, 2.24) is 20.1 Å². The summed E-state index contributed by atoms with van der Waals surface area (Å²) < 4.78 is 10.7. The first-order chi connectivity index (χ1) is 11.3. The zero-order valence-electron chi connectivity index (χ0n) is 12.3. The van der Waals surface area contributed by atoms with Gasteiger partial charge in [0.05, 0.1) is 18.2 Å². The lowest BCUT2D eigenvalue weighted by molar-refractivity contribution is 0.399. The third kappa shape index (κ3) is 2.40. The van der Waals surface area contributed by atoms with E-state index in [1.54, 1.807) is 19.5 Å². The molecule has 0 atom stereocenters. The van der Waals surface area contributed by atoms with Gasteiger partial charge in [0.1, 0.15) is 0 Å². The molecule has 0 unspecified atom stereocenters. The van der Waals surface area contributed by atoms with E-state index in [1.165, 1.54) is 0 Å². The molecule has 0 saturated carbocycles. The molecule has 0 bridgehead atoms. The fourth-order valence-corrected chi connectivity index (χ4v) is 2.36. The van der Waals surface area contributed by atoms with Gasteiger partial charge in [-0.3, -0.25) is 4.98 Å². The highest BCUT2D eigenvalue weighted by Crippen LogP contribution is 2.31. The van der Waals surface area contributed by atoms with E-state index in [4.69, 9.17) is 9.26 Å². The molecule has 0 aliphatic carbocycles. The largest absolute Gasteiger partial charge is 0.480 e. The van der Waals surface area contributed by atoms with Crippen molar-refractivity contribution in [3.05, 3.63) is 54.9 Å². The molecule has 0 N–H and O–H groups in total. The molecule has 4 aromatic rings. The maximum Gasteiger partial charge on any atom is 0.258 e. The molecule has 4 rings (SSSR count). The molecular formula is C17H12N4O2. The zero-order chi connectivity index (χ0) is 15.6. The van der Waals surface area contributed by atoms with E-state index in [-0.39, 0.29) is 0 Å². The average molecular weight is 304 g/mol. The third-order valence-corrected chi connectivity index (χ3v) is 3.48. The van der Waals surface area contributed by atoms with Crippen molar-refractivity contribution in [2.45, 2.75) is 0 Å². The number of para-hydroxylation sites is 1. The summed E-state index contributed by atoms with van der Waals surface area (Å²) in [4.78, 5) is 12.9. The van der Waals surface area contributed by atoms with Crippen LogP contribution in [0.2, 0.25) is 0 Å². The number of ether oxygens (including phenoxy) is 1. The van der Waals surface area contributed by atoms with E-state index in [1.807, 2.05) is 42.5 Å². The van der Waals surface area contributed by atoms with Crippen LogP contribution in [0.1, 0.15) is 0 Å². The van der Waals surface area contributed by atoms with Gasteiger partial charge in [-0.1, -0.05) is 23.4 Å². The Morgan fingerprint density at radius 2 is 1.83 bits per heavy atom. The maximum atomic E-state index is 5.38. The van der Waals surface area contributed by atoms with Crippen LogP contribution in [0, 0.1) is 0 Å². The first-order valence-corrected chi connectivity index (χ1v) is 7.03. The number of hydrogen-bond donors (Lipinski definition) is 0. The monoisotopic (exact) mass is 304 g/mol. The fourth-order valence-electron chi connectivity index (χ4n) is 2.36. The van der Waals surface area contributed by atoms with Crippen molar-refractivity contribution >= 4 is 10.9 Å². The van der Waals surface area contributed by atoms with Crippen LogP contribution in [0.15, 0.2) is 59.4 Å². The Hall–Kier alpha value is -3.28. The molecular weight excluding hydrogens is 292 g/mol. The second-order valence-corrected chi connectivity index (χ2v) is 4.90. The molecule has 6 heteroatoms. The highest BCUT2D eigenvalue weighted by Gasteiger charge is 2.16. The zero-order valence-corrected chi connectivity index (χ0v) is 12.3. The Balaban J connectivity index is 1.84. The highest BCUT2D eigenvalue weighted by atomic mass is 16.5. The number of nitrogens with zero attached hydrogens (tertiary/aromatic N) is 4. The maximum absolute atomic E-state index is 5.38. The molecule has 0 radical (unpaired) electrons. The molecule has 23 heavy (non-hydrogen) atoms. The molecule has 0 spiro atoms. The number of pyridine rings is 2. The molecule has 0 fully saturated rings. The van der Waals surface area contributed by atoms with Crippen molar-refractivity contribution in [1.29, 1.82) is 0 Å². The summed E-state index contributed by atoms with van der Waals surface area (Å²) >= 11 is 0. The molecule has 0 saturated heterocycles. The average Bonchev–Trinajstić information content (AvgIpc) is 3.11. The van der Waals surface area contributed by atoms with E-state index in [0.717, 1.165) is 16.5 Å². The van der Waals surface area contributed by atoms with Gasteiger partial charge in [-0.05, 0) is 24.3 Å². The predicted octanol–water partition coefficient (Wildman–Crippen LogP) is 3.36. The lowest BCUT2D eigenvalue weighted by Crippen LogP contribution is -1.94. The van der Waals surface area contributed by atoms with Crippen LogP contribution in [0.3, 0.4) is 0 Å². The van der Waals surface area contributed by atoms with Crippen molar-refractivity contribution in [3.8, 4) is 28.7 Å². The number of hydrogen-bond acceptors (Lipinski definition) is 6. The molecule has 3 aromatic heterocycles. The minimum atomic E-state index is 0.428. The van der Waals surface area contributed by atoms with Crippen LogP contribution in [0.5, 0.6) is 5.88 Å². The summed E-state index contributed by atoms with van der Waals surface area (Å²) in [5.41, 5.74) is 2.35. The Morgan fingerprint density at radius 3 is 2.65 bits per heavy atom. The Morgan fingerprint density at radius 1 is 1.00 bits per heavy atom. The van der Waals surface area contributed by atoms with Gasteiger partial charge in [-0.25, -0.2) is 4.98 Å². The number of rotatable bonds is 3. The molecule has 0 aliphatic rings. The van der Waals surface area contributed by atoms with Crippen LogP contribution in [-0.2, 0) is 0 Å². The van der Waals surface area contributed by atoms with E-state index in [9.17, 15) is 0 Å². The van der Waals surface area contributed by atoms with E-state index in [2.05, 4.69) is 20.1 Å². The lowest BCUT2D eigenvalue weighted by atomic mass is 10.1. The van der Waals surface area contributed by atoms with Gasteiger partial charge in [0.25, 0.3) is 5.89 Å². The first-order valence-electron chi connectivity index (χ1n) is 7.03. The normalized spacial score (nSPS) is 10.8. The quantitative estimate of drug-likeness (QED) is 0.578. The minimum Gasteiger partial charge on any atom is -0.480 e. The van der Waals surface area contributed by atoms with Crippen LogP contribution in [-0.4, -0.2) is 27.2 Å². The van der Waals surface area contributed by atoms with Crippen LogP contribution < -0.4 is 4.74 Å². The van der Waals surface area contributed by atoms with E-state index < -0.39 is 0 Å². The topological polar surface area (TPSA) is 73.9 Å². The smallest absolute Gasteiger partial charge is 0.258 e. The third-order valence-electron chi connectivity index (χ3n) is 3.48. The summed E-state index contributed by atoms with van der Waals surface area (Å²) in [6.07, 6.45) is 3.36. The predicted molar refractivity (Wildman–Crippen MR) is 84.8 cm³/mol. The summed E-state index contributed by atoms with van der Waals surface area (Å²) in [7, 11) is 1.57. The van der Waals surface area contributed by atoms with E-state index >= 15 is 0 Å². The van der Waals surface area contributed by atoms with Gasteiger partial charge in [0, 0.05) is 23.3 Å². The van der Waals surface area contributed by atoms with Gasteiger partial charge >= 0.3 is 0 Å². The standard InChI is InChI=1S/C17H12N4O2/c1-22-17-13(10-12-4-2-3-5-14(12)19-17)15-20-16(23-21-15)11-6-8-18-9-7-11/h2-10H,1H3. The van der Waals surface area contributed by atoms with Crippen molar-refractivity contribution in [2.24, 2.45) is 0 Å². The molecule has 3 heterocycles. The van der Waals surface area contributed by atoms with Crippen LogP contribution >= 0.6 is 0 Å². The second kappa shape index (κ2) is 5.49. The summed E-state index contributed by atoms with van der Waals surface area (Å²) in [6, 6.07) is 13.4. The summed E-state index contributed by atoms with van der Waals surface area (Å²) in [5.74, 6) is 1.33. The SMILES string of the molecule is COc1nc2ccccc2cc1-c1noc(-c2ccncc2)n1. The minimum absolute atomic E-state index is 0.428. The fraction of sp³-hybridized carbons (Fsp3) is 0.0588. The van der Waals surface area contributed by atoms with Gasteiger partial charge in [-0.2, -0.15) is 4.98 Å². The van der Waals surface area contributed by atoms with E-state index in [0.29, 0.717) is 23.2 Å². The van der Waals surface area contributed by atoms with Gasteiger partial charge in [0.2, 0.25) is 11.7 Å².